The Balaban J connectivity index is 2.28. The highest BCUT2D eigenvalue weighted by Gasteiger charge is 1.85. The highest BCUT2D eigenvalue weighted by molar-refractivity contribution is 6.18. The Kier molecular flexibility index (Phi) is 3.80. The Morgan fingerprint density at radius 3 is 2.55 bits per heavy atom. The number of benzene rings is 1. The minimum Gasteiger partial charge on any atom is -0.321 e. The minimum atomic E-state index is 0.611. The van der Waals surface area contributed by atoms with E-state index in [4.69, 9.17) is 11.6 Å². The van der Waals surface area contributed by atoms with E-state index in [2.05, 4.69) is 10.9 Å². The molecule has 0 amide bonds. The average molecular weight is 171 g/mol. The van der Waals surface area contributed by atoms with Gasteiger partial charge in [-0.1, -0.05) is 18.2 Å². The monoisotopic (exact) mass is 170 g/mol. The van der Waals surface area contributed by atoms with Crippen molar-refractivity contribution >= 4 is 17.3 Å². The number of hydrogen-bond donors (Lipinski definition) is 2. The number of alkyl halides is 1. The molecule has 0 aromatic heterocycles. The first-order valence-corrected chi connectivity index (χ1v) is 4.07. The lowest BCUT2D eigenvalue weighted by Gasteiger charge is -2.05. The van der Waals surface area contributed by atoms with Crippen LogP contribution in [0.2, 0.25) is 0 Å². The highest BCUT2D eigenvalue weighted by atomic mass is 35.5. The minimum absolute atomic E-state index is 0.611. The summed E-state index contributed by atoms with van der Waals surface area (Å²) in [6, 6.07) is 9.91. The maximum atomic E-state index is 5.47. The molecule has 2 nitrogen and oxygen atoms in total. The Morgan fingerprint density at radius 1 is 1.18 bits per heavy atom. The predicted octanol–water partition coefficient (Wildman–Crippen LogP) is 1.84. The SMILES string of the molecule is ClCCNNc1ccccc1. The van der Waals surface area contributed by atoms with Crippen LogP contribution in [0, 0.1) is 0 Å². The molecule has 2 N–H and O–H groups in total. The lowest BCUT2D eigenvalue weighted by Crippen LogP contribution is -2.23. The van der Waals surface area contributed by atoms with Crippen LogP contribution >= 0.6 is 11.6 Å². The highest BCUT2D eigenvalue weighted by Crippen LogP contribution is 2.01. The second-order valence-electron chi connectivity index (χ2n) is 2.11. The van der Waals surface area contributed by atoms with Gasteiger partial charge < -0.3 is 5.43 Å². The number of halogens is 1. The van der Waals surface area contributed by atoms with Crippen LogP contribution in [0.3, 0.4) is 0 Å². The molecule has 1 aromatic rings. The first-order valence-electron chi connectivity index (χ1n) is 3.53. The van der Waals surface area contributed by atoms with Gasteiger partial charge in [0.2, 0.25) is 0 Å². The molecule has 1 aromatic carbocycles. The van der Waals surface area contributed by atoms with Gasteiger partial charge in [-0.05, 0) is 12.1 Å². The summed E-state index contributed by atoms with van der Waals surface area (Å²) in [6.07, 6.45) is 0. The second kappa shape index (κ2) is 4.99. The molecule has 11 heavy (non-hydrogen) atoms. The third kappa shape index (κ3) is 3.25. The van der Waals surface area contributed by atoms with Gasteiger partial charge in [-0.2, -0.15) is 0 Å². The largest absolute Gasteiger partial charge is 0.321 e. The van der Waals surface area contributed by atoms with Gasteiger partial charge in [0.1, 0.15) is 0 Å². The van der Waals surface area contributed by atoms with E-state index in [1.807, 2.05) is 30.3 Å². The van der Waals surface area contributed by atoms with E-state index < -0.39 is 0 Å². The van der Waals surface area contributed by atoms with E-state index in [1.165, 1.54) is 0 Å². The third-order valence-electron chi connectivity index (χ3n) is 1.23. The van der Waals surface area contributed by atoms with Crippen molar-refractivity contribution < 1.29 is 0 Å². The van der Waals surface area contributed by atoms with Gasteiger partial charge in [0.15, 0.2) is 0 Å². The predicted molar refractivity (Wildman–Crippen MR) is 48.8 cm³/mol. The normalized spacial score (nSPS) is 9.55. The number of hydrazine groups is 1. The van der Waals surface area contributed by atoms with E-state index >= 15 is 0 Å². The maximum absolute atomic E-state index is 5.47. The van der Waals surface area contributed by atoms with Crippen LogP contribution in [0.5, 0.6) is 0 Å². The van der Waals surface area contributed by atoms with Crippen molar-refractivity contribution in [1.29, 1.82) is 0 Å². The molecule has 1 rings (SSSR count). The Labute approximate surface area is 71.5 Å². The summed E-state index contributed by atoms with van der Waals surface area (Å²) in [6.45, 7) is 0.760. The fourth-order valence-electron chi connectivity index (χ4n) is 0.733. The molecule has 0 radical (unpaired) electrons. The van der Waals surface area contributed by atoms with Crippen molar-refractivity contribution in [2.75, 3.05) is 17.9 Å². The summed E-state index contributed by atoms with van der Waals surface area (Å²) in [7, 11) is 0. The molecule has 0 fully saturated rings. The van der Waals surface area contributed by atoms with Gasteiger partial charge in [0.05, 0.1) is 0 Å². The number of nitrogens with one attached hydrogen (secondary N) is 2. The average Bonchev–Trinajstić information content (AvgIpc) is 2.07. The van der Waals surface area contributed by atoms with Gasteiger partial charge in [-0.15, -0.1) is 11.6 Å². The maximum Gasteiger partial charge on any atom is 0.0487 e. The van der Waals surface area contributed by atoms with Gasteiger partial charge >= 0.3 is 0 Å². The van der Waals surface area contributed by atoms with Crippen molar-refractivity contribution in [2.45, 2.75) is 0 Å². The molecule has 0 atom stereocenters. The van der Waals surface area contributed by atoms with Crippen LogP contribution < -0.4 is 10.9 Å². The molecule has 0 bridgehead atoms. The molecule has 0 aliphatic carbocycles. The second-order valence-corrected chi connectivity index (χ2v) is 2.48. The summed E-state index contributed by atoms with van der Waals surface area (Å²) in [5, 5.41) is 0. The van der Waals surface area contributed by atoms with Crippen molar-refractivity contribution in [2.24, 2.45) is 0 Å². The molecule has 0 unspecified atom stereocenters. The Bertz CT molecular complexity index is 189. The van der Waals surface area contributed by atoms with Crippen molar-refractivity contribution in [3.05, 3.63) is 30.3 Å². The molecule has 0 aliphatic heterocycles. The van der Waals surface area contributed by atoms with Crippen LogP contribution in [0.4, 0.5) is 5.69 Å². The zero-order valence-electron chi connectivity index (χ0n) is 6.18. The third-order valence-corrected chi connectivity index (χ3v) is 1.41. The first-order chi connectivity index (χ1) is 5.43. The Hall–Kier alpha value is -0.730. The standard InChI is InChI=1S/C8H11ClN2/c9-6-7-10-11-8-4-2-1-3-5-8/h1-5,10-11H,6-7H2. The van der Waals surface area contributed by atoms with Crippen LogP contribution in [0.15, 0.2) is 30.3 Å². The van der Waals surface area contributed by atoms with E-state index in [1.54, 1.807) is 0 Å². The molecular formula is C8H11ClN2. The Morgan fingerprint density at radius 2 is 1.91 bits per heavy atom. The molecular weight excluding hydrogens is 160 g/mol. The van der Waals surface area contributed by atoms with Crippen LogP contribution in [0.1, 0.15) is 0 Å². The van der Waals surface area contributed by atoms with Crippen molar-refractivity contribution in [1.82, 2.24) is 5.43 Å². The lowest BCUT2D eigenvalue weighted by atomic mass is 10.3. The van der Waals surface area contributed by atoms with Gasteiger partial charge in [0.25, 0.3) is 0 Å². The fraction of sp³-hybridized carbons (Fsp3) is 0.250. The van der Waals surface area contributed by atoms with Gasteiger partial charge in [-0.25, -0.2) is 5.43 Å². The molecule has 60 valence electrons. The lowest BCUT2D eigenvalue weighted by molar-refractivity contribution is 0.849. The van der Waals surface area contributed by atoms with Gasteiger partial charge in [-0.3, -0.25) is 0 Å². The molecule has 0 saturated carbocycles. The smallest absolute Gasteiger partial charge is 0.0487 e. The van der Waals surface area contributed by atoms with E-state index in [9.17, 15) is 0 Å². The molecule has 3 heteroatoms. The topological polar surface area (TPSA) is 24.1 Å². The van der Waals surface area contributed by atoms with E-state index in [-0.39, 0.29) is 0 Å². The zero-order chi connectivity index (χ0) is 7.94. The summed E-state index contributed by atoms with van der Waals surface area (Å²) in [5.41, 5.74) is 7.03. The van der Waals surface area contributed by atoms with Crippen molar-refractivity contribution in [3.63, 3.8) is 0 Å². The number of para-hydroxylation sites is 1. The quantitative estimate of drug-likeness (QED) is 0.410. The molecule has 0 spiro atoms. The number of hydrogen-bond acceptors (Lipinski definition) is 2. The molecule has 0 heterocycles. The molecule has 0 aliphatic rings. The number of anilines is 1. The number of rotatable bonds is 4. The zero-order valence-corrected chi connectivity index (χ0v) is 6.93. The van der Waals surface area contributed by atoms with Crippen LogP contribution in [-0.2, 0) is 0 Å². The fourth-order valence-corrected chi connectivity index (χ4v) is 0.828. The summed E-state index contributed by atoms with van der Waals surface area (Å²) in [5.74, 6) is 0.611. The summed E-state index contributed by atoms with van der Waals surface area (Å²) in [4.78, 5) is 0. The summed E-state index contributed by atoms with van der Waals surface area (Å²) < 4.78 is 0. The molecule has 0 saturated heterocycles. The van der Waals surface area contributed by atoms with Crippen molar-refractivity contribution in [3.8, 4) is 0 Å². The van der Waals surface area contributed by atoms with Gasteiger partial charge in [0, 0.05) is 18.1 Å². The summed E-state index contributed by atoms with van der Waals surface area (Å²) >= 11 is 5.47. The van der Waals surface area contributed by atoms with Crippen LogP contribution in [-0.4, -0.2) is 12.4 Å². The first kappa shape index (κ1) is 8.37. The van der Waals surface area contributed by atoms with E-state index in [0.717, 1.165) is 12.2 Å². The van der Waals surface area contributed by atoms with Crippen LogP contribution in [0.25, 0.3) is 0 Å². The van der Waals surface area contributed by atoms with E-state index in [0.29, 0.717) is 5.88 Å².